The SMILES string of the molecule is CC(C)(C)c1n[nH]c(C2CN(CCc3ccccn3)CCO2)n1. The number of nitrogens with zero attached hydrogens (tertiary/aromatic N) is 4. The van der Waals surface area contributed by atoms with E-state index in [0.717, 1.165) is 50.0 Å². The average Bonchev–Trinajstić information content (AvgIpc) is 3.05. The fourth-order valence-electron chi connectivity index (χ4n) is 2.64. The average molecular weight is 315 g/mol. The molecule has 1 saturated heterocycles. The van der Waals surface area contributed by atoms with Crippen LogP contribution in [0.2, 0.25) is 0 Å². The molecule has 0 saturated carbocycles. The number of hydrogen-bond donors (Lipinski definition) is 1. The smallest absolute Gasteiger partial charge is 0.156 e. The molecule has 0 spiro atoms. The van der Waals surface area contributed by atoms with Gasteiger partial charge in [0.05, 0.1) is 6.61 Å². The van der Waals surface area contributed by atoms with Gasteiger partial charge in [-0.1, -0.05) is 26.8 Å². The Kier molecular flexibility index (Phi) is 4.73. The summed E-state index contributed by atoms with van der Waals surface area (Å²) < 4.78 is 5.88. The number of H-pyrrole nitrogens is 1. The summed E-state index contributed by atoms with van der Waals surface area (Å²) in [6.45, 7) is 9.83. The molecule has 1 N–H and O–H groups in total. The van der Waals surface area contributed by atoms with E-state index in [1.165, 1.54) is 0 Å². The van der Waals surface area contributed by atoms with Crippen molar-refractivity contribution in [1.82, 2.24) is 25.1 Å². The molecule has 0 aromatic carbocycles. The van der Waals surface area contributed by atoms with Gasteiger partial charge in [0.25, 0.3) is 0 Å². The summed E-state index contributed by atoms with van der Waals surface area (Å²) in [4.78, 5) is 11.4. The molecule has 2 aromatic rings. The number of hydrogen-bond acceptors (Lipinski definition) is 5. The molecule has 1 fully saturated rings. The Balaban J connectivity index is 1.59. The zero-order valence-electron chi connectivity index (χ0n) is 14.1. The van der Waals surface area contributed by atoms with Crippen molar-refractivity contribution in [3.63, 3.8) is 0 Å². The molecule has 6 nitrogen and oxygen atoms in total. The van der Waals surface area contributed by atoms with Crippen LogP contribution < -0.4 is 0 Å². The van der Waals surface area contributed by atoms with E-state index in [0.29, 0.717) is 0 Å². The van der Waals surface area contributed by atoms with Crippen LogP contribution in [-0.2, 0) is 16.6 Å². The molecule has 0 aliphatic carbocycles. The summed E-state index contributed by atoms with van der Waals surface area (Å²) >= 11 is 0. The quantitative estimate of drug-likeness (QED) is 0.936. The van der Waals surface area contributed by atoms with E-state index in [-0.39, 0.29) is 11.5 Å². The number of ether oxygens (including phenoxy) is 1. The Bertz CT molecular complexity index is 619. The van der Waals surface area contributed by atoms with E-state index in [4.69, 9.17) is 4.74 Å². The van der Waals surface area contributed by atoms with E-state index in [1.54, 1.807) is 0 Å². The Hall–Kier alpha value is -1.79. The second kappa shape index (κ2) is 6.76. The second-order valence-corrected chi connectivity index (χ2v) is 7.03. The van der Waals surface area contributed by atoms with E-state index >= 15 is 0 Å². The van der Waals surface area contributed by atoms with Gasteiger partial charge in [-0.05, 0) is 12.1 Å². The van der Waals surface area contributed by atoms with Gasteiger partial charge >= 0.3 is 0 Å². The molecule has 1 unspecified atom stereocenters. The molecular formula is C17H25N5O. The maximum absolute atomic E-state index is 5.88. The standard InChI is InChI=1S/C17H25N5O/c1-17(2,3)16-19-15(20-21-16)14-12-22(10-11-23-14)9-7-13-6-4-5-8-18-13/h4-6,8,14H,7,9-12H2,1-3H3,(H,19,20,21). The highest BCUT2D eigenvalue weighted by Gasteiger charge is 2.27. The summed E-state index contributed by atoms with van der Waals surface area (Å²) in [5.41, 5.74) is 1.08. The predicted octanol–water partition coefficient (Wildman–Crippen LogP) is 2.11. The third-order valence-electron chi connectivity index (χ3n) is 4.04. The van der Waals surface area contributed by atoms with Crippen molar-refractivity contribution < 1.29 is 4.74 Å². The zero-order chi connectivity index (χ0) is 16.3. The van der Waals surface area contributed by atoms with Crippen LogP contribution in [0.15, 0.2) is 24.4 Å². The largest absolute Gasteiger partial charge is 0.368 e. The van der Waals surface area contributed by atoms with Gasteiger partial charge in [-0.25, -0.2) is 4.98 Å². The lowest BCUT2D eigenvalue weighted by molar-refractivity contribution is -0.0338. The van der Waals surface area contributed by atoms with Gasteiger partial charge in [-0.2, -0.15) is 5.10 Å². The van der Waals surface area contributed by atoms with Crippen LogP contribution in [0.1, 0.15) is 44.2 Å². The first-order chi connectivity index (χ1) is 11.0. The van der Waals surface area contributed by atoms with E-state index in [9.17, 15) is 0 Å². The van der Waals surface area contributed by atoms with Crippen LogP contribution in [0, 0.1) is 0 Å². The molecule has 0 bridgehead atoms. The van der Waals surface area contributed by atoms with Gasteiger partial charge in [0, 0.05) is 43.4 Å². The second-order valence-electron chi connectivity index (χ2n) is 7.03. The van der Waals surface area contributed by atoms with Gasteiger partial charge in [0.2, 0.25) is 0 Å². The number of aromatic nitrogens is 4. The first-order valence-corrected chi connectivity index (χ1v) is 8.19. The van der Waals surface area contributed by atoms with Crippen molar-refractivity contribution in [2.75, 3.05) is 26.2 Å². The first-order valence-electron chi connectivity index (χ1n) is 8.19. The summed E-state index contributed by atoms with van der Waals surface area (Å²) in [5, 5.41) is 7.39. The third-order valence-corrected chi connectivity index (χ3v) is 4.04. The maximum Gasteiger partial charge on any atom is 0.156 e. The molecule has 23 heavy (non-hydrogen) atoms. The Morgan fingerprint density at radius 2 is 2.22 bits per heavy atom. The lowest BCUT2D eigenvalue weighted by atomic mass is 9.96. The topological polar surface area (TPSA) is 66.9 Å². The molecular weight excluding hydrogens is 290 g/mol. The van der Waals surface area contributed by atoms with Gasteiger partial charge in [-0.15, -0.1) is 0 Å². The minimum absolute atomic E-state index is 0.0314. The first kappa shape index (κ1) is 16.1. The minimum atomic E-state index is -0.0535. The van der Waals surface area contributed by atoms with Crippen molar-refractivity contribution in [2.24, 2.45) is 0 Å². The van der Waals surface area contributed by atoms with Crippen molar-refractivity contribution in [3.05, 3.63) is 41.7 Å². The van der Waals surface area contributed by atoms with Gasteiger partial charge < -0.3 is 4.74 Å². The molecule has 1 atom stereocenters. The monoisotopic (exact) mass is 315 g/mol. The van der Waals surface area contributed by atoms with Crippen LogP contribution in [0.25, 0.3) is 0 Å². The van der Waals surface area contributed by atoms with E-state index < -0.39 is 0 Å². The van der Waals surface area contributed by atoms with Gasteiger partial charge in [-0.3, -0.25) is 15.0 Å². The Labute approximate surface area is 137 Å². The van der Waals surface area contributed by atoms with Crippen LogP contribution in [0.3, 0.4) is 0 Å². The Morgan fingerprint density at radius 3 is 2.91 bits per heavy atom. The number of rotatable bonds is 4. The molecule has 124 valence electrons. The van der Waals surface area contributed by atoms with Crippen LogP contribution in [-0.4, -0.2) is 51.3 Å². The van der Waals surface area contributed by atoms with Crippen molar-refractivity contribution in [1.29, 1.82) is 0 Å². The lowest BCUT2D eigenvalue weighted by Gasteiger charge is -2.31. The summed E-state index contributed by atoms with van der Waals surface area (Å²) in [6, 6.07) is 6.06. The van der Waals surface area contributed by atoms with Crippen molar-refractivity contribution in [2.45, 2.75) is 38.7 Å². The fraction of sp³-hybridized carbons (Fsp3) is 0.588. The third kappa shape index (κ3) is 4.14. The highest BCUT2D eigenvalue weighted by Crippen LogP contribution is 2.23. The molecule has 0 radical (unpaired) electrons. The molecule has 1 aliphatic heterocycles. The Morgan fingerprint density at radius 1 is 1.35 bits per heavy atom. The maximum atomic E-state index is 5.88. The normalized spacial score (nSPS) is 19.9. The van der Waals surface area contributed by atoms with E-state index in [2.05, 4.69) is 51.9 Å². The highest BCUT2D eigenvalue weighted by molar-refractivity contribution is 5.06. The number of aromatic amines is 1. The number of nitrogens with one attached hydrogen (secondary N) is 1. The molecule has 0 amide bonds. The van der Waals surface area contributed by atoms with Crippen molar-refractivity contribution in [3.8, 4) is 0 Å². The van der Waals surface area contributed by atoms with Gasteiger partial charge in [0.15, 0.2) is 11.6 Å². The van der Waals surface area contributed by atoms with Gasteiger partial charge in [0.1, 0.15) is 6.10 Å². The predicted molar refractivity (Wildman–Crippen MR) is 88.2 cm³/mol. The van der Waals surface area contributed by atoms with E-state index in [1.807, 2.05) is 18.3 Å². The molecule has 3 heterocycles. The number of pyridine rings is 1. The van der Waals surface area contributed by atoms with Crippen LogP contribution in [0.5, 0.6) is 0 Å². The van der Waals surface area contributed by atoms with Crippen LogP contribution in [0.4, 0.5) is 0 Å². The molecule has 1 aliphatic rings. The lowest BCUT2D eigenvalue weighted by Crippen LogP contribution is -2.39. The highest BCUT2D eigenvalue weighted by atomic mass is 16.5. The van der Waals surface area contributed by atoms with Crippen LogP contribution >= 0.6 is 0 Å². The fourth-order valence-corrected chi connectivity index (χ4v) is 2.64. The zero-order valence-corrected chi connectivity index (χ0v) is 14.1. The summed E-state index contributed by atoms with van der Waals surface area (Å²) in [7, 11) is 0. The number of morpholine rings is 1. The molecule has 2 aromatic heterocycles. The summed E-state index contributed by atoms with van der Waals surface area (Å²) in [5.74, 6) is 1.67. The molecule has 3 rings (SSSR count). The molecule has 6 heteroatoms. The summed E-state index contributed by atoms with van der Waals surface area (Å²) in [6.07, 6.45) is 2.77. The van der Waals surface area contributed by atoms with Crippen molar-refractivity contribution >= 4 is 0 Å². The minimum Gasteiger partial charge on any atom is -0.368 e.